The summed E-state index contributed by atoms with van der Waals surface area (Å²) in [5.74, 6) is -17.7. The number of aliphatic hydroxyl groups excluding tert-OH is 4. The van der Waals surface area contributed by atoms with Gasteiger partial charge in [-0.25, -0.2) is 9.78 Å². The number of rotatable bonds is 51. The average Bonchev–Trinajstić information content (AvgIpc) is 1.48. The van der Waals surface area contributed by atoms with E-state index in [9.17, 15) is 107 Å². The molecule has 29 N–H and O–H groups in total. The van der Waals surface area contributed by atoms with Crippen LogP contribution in [-0.2, 0) is 89.6 Å². The fourth-order valence-corrected chi connectivity index (χ4v) is 11.4. The lowest BCUT2D eigenvalue weighted by Gasteiger charge is -2.30. The predicted molar refractivity (Wildman–Crippen MR) is 389 cm³/mol. The maximum atomic E-state index is 14.4. The fourth-order valence-electron chi connectivity index (χ4n) is 11.4. The summed E-state index contributed by atoms with van der Waals surface area (Å²) in [5, 5.41) is 90.7. The molecule has 1 aliphatic rings. The Morgan fingerprint density at radius 1 is 0.536 bits per heavy atom. The molecular weight excluding hydrogens is 1450 g/mol. The number of hydrogen-bond donors (Lipinski definition) is 24. The first-order chi connectivity index (χ1) is 52.0. The molecule has 1 aromatic carbocycles. The number of nitrogens with zero attached hydrogens (tertiary/aromatic N) is 2. The number of aromatic amines is 1. The number of carboxylic acid groups (broad SMARTS) is 1. The van der Waals surface area contributed by atoms with E-state index in [1.807, 2.05) is 0 Å². The number of carbonyl (C=O) groups excluding carboxylic acids is 15. The van der Waals surface area contributed by atoms with Gasteiger partial charge in [0.2, 0.25) is 88.6 Å². The predicted octanol–water partition coefficient (Wildman–Crippen LogP) is -9.40. The van der Waals surface area contributed by atoms with Crippen LogP contribution in [0.5, 0.6) is 5.75 Å². The lowest BCUT2D eigenvalue weighted by molar-refractivity contribution is -0.143. The largest absolute Gasteiger partial charge is 0.508 e. The monoisotopic (exact) mass is 1560 g/mol. The Balaban J connectivity index is 1.82. The van der Waals surface area contributed by atoms with Gasteiger partial charge in [-0.05, 0) is 120 Å². The molecule has 110 heavy (non-hydrogen) atoms. The van der Waals surface area contributed by atoms with Gasteiger partial charge in [-0.1, -0.05) is 39.8 Å². The standard InChI is InChI=1S/C68H110N20O22/c1-34(2)23-44(59(100)85-49(31-90)64(105)82-45(24-35(3)4)60(101)86-50(32-91)67(108)88-22-10-13-51(88)65(106)75-29-54(96)77-43(68(109)110)12-7-9-21-70)81-63(104)48(30-89)84-57(98)41(11-6-8-20-69)78-58(99)42(18-19-52(72)94)79-66(107)55(36(5)92)87-62(103)46(25-37-14-16-39(93)17-15-37)83-61(102)47(26-38-28-74-33-76-38)80-56(97)40(71)27-53(73)95/h14-17,28,33-36,40-51,55,89-93H,6-13,18-27,29-32,69-71H2,1-5H3,(H2,72,94)(H2,73,95)(H,74,76)(H,75,106)(H,77,96)(H,78,99)(H,79,107)(H,80,97)(H,81,104)(H,82,105)(H,83,102)(H,84,98)(H,85,100)(H,86,101)(H,87,103)(H,109,110)/t36-,40+,41+,42+,43+,44+,45+,46+,47+,48+,49+,50+,51+,55+/m1/s1. The van der Waals surface area contributed by atoms with Gasteiger partial charge in [0.25, 0.3) is 0 Å². The van der Waals surface area contributed by atoms with E-state index >= 15 is 0 Å². The van der Waals surface area contributed by atoms with Gasteiger partial charge >= 0.3 is 5.97 Å². The molecule has 3 rings (SSSR count). The van der Waals surface area contributed by atoms with Crippen molar-refractivity contribution in [2.24, 2.45) is 40.5 Å². The average molecular weight is 1560 g/mol. The Morgan fingerprint density at radius 2 is 0.982 bits per heavy atom. The van der Waals surface area contributed by atoms with Gasteiger partial charge in [-0.2, -0.15) is 0 Å². The number of aliphatic carboxylic acids is 1. The van der Waals surface area contributed by atoms with Crippen molar-refractivity contribution in [2.75, 3.05) is 46.0 Å². The second-order valence-corrected chi connectivity index (χ2v) is 27.5. The van der Waals surface area contributed by atoms with E-state index in [4.69, 9.17) is 28.7 Å². The summed E-state index contributed by atoms with van der Waals surface area (Å²) in [6, 6.07) is -15.6. The highest BCUT2D eigenvalue weighted by atomic mass is 16.4. The Labute approximate surface area is 634 Å². The van der Waals surface area contributed by atoms with Crippen molar-refractivity contribution in [3.8, 4) is 5.75 Å². The van der Waals surface area contributed by atoms with Crippen LogP contribution in [0.15, 0.2) is 36.8 Å². The van der Waals surface area contributed by atoms with Crippen LogP contribution in [0.25, 0.3) is 0 Å². The highest BCUT2D eigenvalue weighted by Gasteiger charge is 2.41. The minimum atomic E-state index is -1.97. The van der Waals surface area contributed by atoms with Crippen LogP contribution in [0.4, 0.5) is 0 Å². The van der Waals surface area contributed by atoms with E-state index in [-0.39, 0.29) is 82.5 Å². The third-order valence-electron chi connectivity index (χ3n) is 17.3. The first-order valence-corrected chi connectivity index (χ1v) is 36.1. The molecule has 1 fully saturated rings. The van der Waals surface area contributed by atoms with Gasteiger partial charge < -0.3 is 133 Å². The lowest BCUT2D eigenvalue weighted by Crippen LogP contribution is -2.62. The van der Waals surface area contributed by atoms with Crippen molar-refractivity contribution >= 4 is 94.6 Å². The highest BCUT2D eigenvalue weighted by Crippen LogP contribution is 2.20. The van der Waals surface area contributed by atoms with E-state index in [0.717, 1.165) is 11.8 Å². The highest BCUT2D eigenvalue weighted by molar-refractivity contribution is 6.00. The van der Waals surface area contributed by atoms with E-state index in [0.29, 0.717) is 37.1 Å². The van der Waals surface area contributed by atoms with E-state index in [1.165, 1.54) is 36.8 Å². The Bertz CT molecular complexity index is 3420. The number of hydrogen-bond acceptors (Lipinski definition) is 25. The Hall–Kier alpha value is -10.5. The molecular formula is C68H110N20O22. The van der Waals surface area contributed by atoms with E-state index < -0.39 is 231 Å². The van der Waals surface area contributed by atoms with Crippen LogP contribution < -0.4 is 92.5 Å². The Morgan fingerprint density at radius 3 is 1.46 bits per heavy atom. The number of nitrogens with two attached hydrogens (primary N) is 5. The number of amides is 15. The summed E-state index contributed by atoms with van der Waals surface area (Å²) in [4.78, 5) is 224. The van der Waals surface area contributed by atoms with Crippen molar-refractivity contribution in [2.45, 2.75) is 216 Å². The molecule has 0 unspecified atom stereocenters. The number of carbonyl (C=O) groups is 16. The number of aliphatic hydroxyl groups is 4. The number of aromatic nitrogens is 2. The molecule has 1 saturated heterocycles. The summed E-state index contributed by atoms with van der Waals surface area (Å²) in [5.41, 5.74) is 28.4. The molecule has 0 bridgehead atoms. The van der Waals surface area contributed by atoms with Crippen molar-refractivity contribution in [3.05, 3.63) is 48.0 Å². The van der Waals surface area contributed by atoms with Crippen molar-refractivity contribution in [1.29, 1.82) is 0 Å². The number of primary amides is 2. The van der Waals surface area contributed by atoms with Crippen LogP contribution in [0.1, 0.15) is 129 Å². The van der Waals surface area contributed by atoms with E-state index in [1.54, 1.807) is 27.7 Å². The first-order valence-electron chi connectivity index (χ1n) is 36.1. The molecule has 42 nitrogen and oxygen atoms in total. The topological polar surface area (TPSA) is 701 Å². The summed E-state index contributed by atoms with van der Waals surface area (Å²) >= 11 is 0. The third kappa shape index (κ3) is 32.7. The van der Waals surface area contributed by atoms with Crippen LogP contribution in [0, 0.1) is 11.8 Å². The van der Waals surface area contributed by atoms with Crippen LogP contribution >= 0.6 is 0 Å². The summed E-state index contributed by atoms with van der Waals surface area (Å²) in [6.07, 6.45) is -0.216. The lowest BCUT2D eigenvalue weighted by atomic mass is 10.0. The van der Waals surface area contributed by atoms with E-state index in [2.05, 4.69) is 73.8 Å². The Kier molecular flexibility index (Phi) is 41.0. The SMILES string of the molecule is CC(C)C[C@H](NC(=O)[C@H](CO)NC(=O)[C@H](CCCCN)NC(=O)[C@H](CCC(N)=O)NC(=O)[C@@H](NC(=O)[C@H](Cc1ccc(O)cc1)NC(=O)[C@H](Cc1cnc[nH]1)NC(=O)[C@@H](N)CC(N)=O)[C@@H](C)O)C(=O)N[C@@H](CO)C(=O)N[C@@H](CC(C)C)C(=O)N[C@@H](CO)C(=O)N1CCC[C@H]1C(=O)NCC(=O)N[C@@H](CCCCN)C(=O)O. The number of nitrogens with one attached hydrogen (secondary N) is 13. The summed E-state index contributed by atoms with van der Waals surface area (Å²) in [7, 11) is 0. The molecule has 614 valence electrons. The van der Waals surface area contributed by atoms with Crippen LogP contribution in [0.3, 0.4) is 0 Å². The van der Waals surface area contributed by atoms with Crippen molar-refractivity contribution in [1.82, 2.24) is 78.7 Å². The van der Waals surface area contributed by atoms with Gasteiger partial charge in [0, 0.05) is 37.7 Å². The van der Waals surface area contributed by atoms with Gasteiger partial charge in [0.15, 0.2) is 0 Å². The quantitative estimate of drug-likeness (QED) is 0.0274. The summed E-state index contributed by atoms with van der Waals surface area (Å²) in [6.45, 7) is 4.28. The maximum absolute atomic E-state index is 14.4. The zero-order valence-electron chi connectivity index (χ0n) is 62.3. The fraction of sp³-hybridized carbons (Fsp3) is 0.632. The molecule has 2 heterocycles. The van der Waals surface area contributed by atoms with Gasteiger partial charge in [0.1, 0.15) is 78.3 Å². The normalized spacial score (nSPS) is 16.2. The number of carboxylic acids is 1. The minimum Gasteiger partial charge on any atom is -0.508 e. The molecule has 0 radical (unpaired) electrons. The van der Waals surface area contributed by atoms with Gasteiger partial charge in [-0.15, -0.1) is 0 Å². The van der Waals surface area contributed by atoms with Crippen LogP contribution in [-0.4, -0.2) is 271 Å². The molecule has 0 spiro atoms. The maximum Gasteiger partial charge on any atom is 0.326 e. The zero-order chi connectivity index (χ0) is 82.5. The summed E-state index contributed by atoms with van der Waals surface area (Å²) < 4.78 is 0. The molecule has 42 heteroatoms. The first kappa shape index (κ1) is 93.7. The van der Waals surface area contributed by atoms with Crippen molar-refractivity contribution in [3.63, 3.8) is 0 Å². The number of H-pyrrole nitrogens is 1. The number of aromatic hydroxyl groups is 1. The second kappa shape index (κ2) is 48.1. The molecule has 1 aromatic heterocycles. The molecule has 0 aliphatic carbocycles. The molecule has 14 atom stereocenters. The minimum absolute atomic E-state index is 0.00705. The third-order valence-corrected chi connectivity index (χ3v) is 17.3. The number of benzene rings is 1. The second-order valence-electron chi connectivity index (χ2n) is 27.5. The number of unbranched alkanes of at least 4 members (excludes halogenated alkanes) is 2. The molecule has 15 amide bonds. The smallest absolute Gasteiger partial charge is 0.326 e. The zero-order valence-corrected chi connectivity index (χ0v) is 62.3. The number of likely N-dealkylation sites (tertiary alicyclic amines) is 1. The number of phenolic OH excluding ortho intramolecular Hbond substituents is 1. The van der Waals surface area contributed by atoms with Crippen LogP contribution in [0.2, 0.25) is 0 Å². The molecule has 0 saturated carbocycles. The molecule has 1 aliphatic heterocycles. The molecule has 2 aromatic rings. The van der Waals surface area contributed by atoms with Gasteiger partial charge in [0.05, 0.1) is 51.3 Å². The number of phenols is 1. The number of imidazole rings is 1. The van der Waals surface area contributed by atoms with Crippen molar-refractivity contribution < 1.29 is 107 Å². The van der Waals surface area contributed by atoms with Gasteiger partial charge in [-0.3, -0.25) is 71.9 Å².